The predicted octanol–water partition coefficient (Wildman–Crippen LogP) is 2.37. The van der Waals surface area contributed by atoms with Gasteiger partial charge in [-0.25, -0.2) is 0 Å². The van der Waals surface area contributed by atoms with E-state index in [1.165, 1.54) is 0 Å². The summed E-state index contributed by atoms with van der Waals surface area (Å²) in [6, 6.07) is 3.89. The lowest BCUT2D eigenvalue weighted by Crippen LogP contribution is -2.01. The van der Waals surface area contributed by atoms with Gasteiger partial charge in [-0.15, -0.1) is 5.10 Å². The highest BCUT2D eigenvalue weighted by molar-refractivity contribution is 5.39. The summed E-state index contributed by atoms with van der Waals surface area (Å²) in [5, 5.41) is 11.1. The van der Waals surface area contributed by atoms with E-state index in [-0.39, 0.29) is 0 Å². The second-order valence-electron chi connectivity index (χ2n) is 2.85. The molecule has 13 heavy (non-hydrogen) atoms. The van der Waals surface area contributed by atoms with Crippen LogP contribution in [0.25, 0.3) is 0 Å². The standard InChI is InChI=1S/C10H15N3/c1-4-8(3)11-10-7-6-9(5-2)12-13-10/h6-7H,3-5H2,1-2H3,(H,11,13). The van der Waals surface area contributed by atoms with Crippen molar-refractivity contribution >= 4 is 5.82 Å². The minimum Gasteiger partial charge on any atom is -0.343 e. The number of aromatic nitrogens is 2. The van der Waals surface area contributed by atoms with Gasteiger partial charge >= 0.3 is 0 Å². The summed E-state index contributed by atoms with van der Waals surface area (Å²) in [6.45, 7) is 7.93. The zero-order chi connectivity index (χ0) is 9.68. The maximum Gasteiger partial charge on any atom is 0.152 e. The molecule has 0 bridgehead atoms. The average molecular weight is 177 g/mol. The van der Waals surface area contributed by atoms with Crippen molar-refractivity contribution < 1.29 is 0 Å². The molecule has 0 aromatic carbocycles. The predicted molar refractivity (Wildman–Crippen MR) is 54.5 cm³/mol. The fourth-order valence-electron chi connectivity index (χ4n) is 0.885. The van der Waals surface area contributed by atoms with Gasteiger partial charge in [0.1, 0.15) is 0 Å². The van der Waals surface area contributed by atoms with Crippen molar-refractivity contribution in [3.05, 3.63) is 30.1 Å². The molecule has 70 valence electrons. The van der Waals surface area contributed by atoms with E-state index in [2.05, 4.69) is 29.0 Å². The van der Waals surface area contributed by atoms with Crippen LogP contribution in [0.15, 0.2) is 24.4 Å². The molecule has 0 aliphatic carbocycles. The molecule has 0 radical (unpaired) electrons. The summed E-state index contributed by atoms with van der Waals surface area (Å²) < 4.78 is 0. The van der Waals surface area contributed by atoms with Crippen molar-refractivity contribution in [2.45, 2.75) is 26.7 Å². The lowest BCUT2D eigenvalue weighted by atomic mass is 10.3. The van der Waals surface area contributed by atoms with Crippen molar-refractivity contribution in [3.63, 3.8) is 0 Å². The molecular formula is C10H15N3. The zero-order valence-corrected chi connectivity index (χ0v) is 8.17. The highest BCUT2D eigenvalue weighted by atomic mass is 15.2. The van der Waals surface area contributed by atoms with E-state index in [4.69, 9.17) is 0 Å². The lowest BCUT2D eigenvalue weighted by molar-refractivity contribution is 0.918. The van der Waals surface area contributed by atoms with E-state index in [0.717, 1.165) is 30.1 Å². The number of allylic oxidation sites excluding steroid dienone is 1. The lowest BCUT2D eigenvalue weighted by Gasteiger charge is -2.05. The van der Waals surface area contributed by atoms with Gasteiger partial charge in [-0.3, -0.25) is 0 Å². The topological polar surface area (TPSA) is 37.8 Å². The van der Waals surface area contributed by atoms with Crippen LogP contribution in [-0.2, 0) is 6.42 Å². The number of anilines is 1. The molecule has 1 N–H and O–H groups in total. The van der Waals surface area contributed by atoms with Gasteiger partial charge < -0.3 is 5.32 Å². The normalized spacial score (nSPS) is 9.69. The van der Waals surface area contributed by atoms with E-state index in [1.54, 1.807) is 0 Å². The third-order valence-corrected chi connectivity index (χ3v) is 1.81. The Bertz CT molecular complexity index is 277. The quantitative estimate of drug-likeness (QED) is 0.767. The third kappa shape index (κ3) is 2.86. The number of nitrogens with one attached hydrogen (secondary N) is 1. The molecule has 3 nitrogen and oxygen atoms in total. The smallest absolute Gasteiger partial charge is 0.152 e. The molecule has 0 fully saturated rings. The number of aryl methyl sites for hydroxylation is 1. The first kappa shape index (κ1) is 9.71. The van der Waals surface area contributed by atoms with Gasteiger partial charge in [0.05, 0.1) is 5.69 Å². The molecule has 0 saturated heterocycles. The first-order valence-electron chi connectivity index (χ1n) is 4.53. The van der Waals surface area contributed by atoms with Gasteiger partial charge in [-0.1, -0.05) is 20.4 Å². The maximum absolute atomic E-state index is 4.03. The van der Waals surface area contributed by atoms with E-state index in [1.807, 2.05) is 19.1 Å². The molecular weight excluding hydrogens is 162 g/mol. The molecule has 1 aromatic rings. The zero-order valence-electron chi connectivity index (χ0n) is 8.17. The molecule has 1 rings (SSSR count). The van der Waals surface area contributed by atoms with Crippen LogP contribution >= 0.6 is 0 Å². The molecule has 1 aromatic heterocycles. The highest BCUT2D eigenvalue weighted by Gasteiger charge is 1.96. The van der Waals surface area contributed by atoms with Crippen molar-refractivity contribution in [1.29, 1.82) is 0 Å². The first-order chi connectivity index (χ1) is 6.26. The molecule has 3 heteroatoms. The average Bonchev–Trinajstić information content (AvgIpc) is 2.19. The minimum absolute atomic E-state index is 0.768. The van der Waals surface area contributed by atoms with Crippen LogP contribution in [0.1, 0.15) is 26.0 Å². The van der Waals surface area contributed by atoms with E-state index < -0.39 is 0 Å². The number of nitrogens with zero attached hydrogens (tertiary/aromatic N) is 2. The largest absolute Gasteiger partial charge is 0.343 e. The molecule has 1 heterocycles. The Morgan fingerprint density at radius 2 is 2.15 bits per heavy atom. The summed E-state index contributed by atoms with van der Waals surface area (Å²) in [5.74, 6) is 0.768. The van der Waals surface area contributed by atoms with Crippen molar-refractivity contribution in [2.24, 2.45) is 0 Å². The molecule has 0 aliphatic heterocycles. The fourth-order valence-corrected chi connectivity index (χ4v) is 0.885. The number of hydrogen-bond acceptors (Lipinski definition) is 3. The second-order valence-corrected chi connectivity index (χ2v) is 2.85. The second kappa shape index (κ2) is 4.60. The van der Waals surface area contributed by atoms with Crippen molar-refractivity contribution in [1.82, 2.24) is 10.2 Å². The van der Waals surface area contributed by atoms with E-state index in [0.29, 0.717) is 0 Å². The Labute approximate surface area is 78.9 Å². The minimum atomic E-state index is 0.768. The molecule has 0 atom stereocenters. The van der Waals surface area contributed by atoms with Gasteiger partial charge in [0, 0.05) is 5.70 Å². The Morgan fingerprint density at radius 1 is 1.38 bits per heavy atom. The van der Waals surface area contributed by atoms with Gasteiger partial charge in [0.25, 0.3) is 0 Å². The molecule has 0 saturated carbocycles. The number of hydrogen-bond donors (Lipinski definition) is 1. The van der Waals surface area contributed by atoms with E-state index >= 15 is 0 Å². The Hall–Kier alpha value is -1.38. The van der Waals surface area contributed by atoms with Gasteiger partial charge in [-0.2, -0.15) is 5.10 Å². The monoisotopic (exact) mass is 177 g/mol. The SMILES string of the molecule is C=C(CC)Nc1ccc(CC)nn1. The van der Waals surface area contributed by atoms with Gasteiger partial charge in [0.2, 0.25) is 0 Å². The number of rotatable bonds is 4. The Kier molecular flexibility index (Phi) is 3.43. The van der Waals surface area contributed by atoms with Crippen molar-refractivity contribution in [2.75, 3.05) is 5.32 Å². The van der Waals surface area contributed by atoms with Crippen LogP contribution in [0, 0.1) is 0 Å². The maximum atomic E-state index is 4.03. The molecule has 0 aliphatic rings. The summed E-state index contributed by atoms with van der Waals surface area (Å²) in [7, 11) is 0. The van der Waals surface area contributed by atoms with Crippen LogP contribution < -0.4 is 5.32 Å². The molecule has 0 spiro atoms. The van der Waals surface area contributed by atoms with Gasteiger partial charge in [-0.05, 0) is 25.0 Å². The van der Waals surface area contributed by atoms with Crippen LogP contribution in [0.4, 0.5) is 5.82 Å². The van der Waals surface area contributed by atoms with Crippen LogP contribution in [0.2, 0.25) is 0 Å². The third-order valence-electron chi connectivity index (χ3n) is 1.81. The molecule has 0 unspecified atom stereocenters. The van der Waals surface area contributed by atoms with E-state index in [9.17, 15) is 0 Å². The summed E-state index contributed by atoms with van der Waals surface area (Å²) in [6.07, 6.45) is 1.82. The summed E-state index contributed by atoms with van der Waals surface area (Å²) in [5.41, 5.74) is 1.96. The molecule has 0 amide bonds. The summed E-state index contributed by atoms with van der Waals surface area (Å²) in [4.78, 5) is 0. The van der Waals surface area contributed by atoms with Gasteiger partial charge in [0.15, 0.2) is 5.82 Å². The fraction of sp³-hybridized carbons (Fsp3) is 0.400. The van der Waals surface area contributed by atoms with Crippen molar-refractivity contribution in [3.8, 4) is 0 Å². The Morgan fingerprint density at radius 3 is 2.62 bits per heavy atom. The Balaban J connectivity index is 2.64. The van der Waals surface area contributed by atoms with Crippen LogP contribution in [0.5, 0.6) is 0 Å². The van der Waals surface area contributed by atoms with Crippen LogP contribution in [-0.4, -0.2) is 10.2 Å². The highest BCUT2D eigenvalue weighted by Crippen LogP contribution is 2.06. The summed E-state index contributed by atoms with van der Waals surface area (Å²) >= 11 is 0. The van der Waals surface area contributed by atoms with Crippen LogP contribution in [0.3, 0.4) is 0 Å². The first-order valence-corrected chi connectivity index (χ1v) is 4.53.